The highest BCUT2D eigenvalue weighted by molar-refractivity contribution is 7.92. The maximum atomic E-state index is 13.6. The van der Waals surface area contributed by atoms with E-state index in [9.17, 15) is 18.0 Å². The molecule has 7 rings (SSSR count). The molecule has 0 saturated carbocycles. The standard InChI is InChI=1S/C34H22N2O4S/c37-33(29-13-5-9-21-7-1-3-11-25(21)29)35-23-15-17-27-28-18-16-24(20-32(28)41(39,40)31(27)19-23)36-34(38)30-14-6-10-22-8-2-4-12-26(22)30/h1-20H,(H,35,37)(H,36,38). The molecule has 1 heterocycles. The van der Waals surface area contributed by atoms with Gasteiger partial charge >= 0.3 is 0 Å². The third-order valence-corrected chi connectivity index (χ3v) is 9.25. The second-order valence-electron chi connectivity index (χ2n) is 9.89. The van der Waals surface area contributed by atoms with Crippen molar-refractivity contribution in [2.45, 2.75) is 9.79 Å². The number of sulfone groups is 1. The number of hydrogen-bond donors (Lipinski definition) is 2. The molecule has 7 heteroatoms. The lowest BCUT2D eigenvalue weighted by Gasteiger charge is -2.09. The maximum absolute atomic E-state index is 13.6. The van der Waals surface area contributed by atoms with Crippen LogP contribution in [0.5, 0.6) is 0 Å². The molecule has 198 valence electrons. The van der Waals surface area contributed by atoms with E-state index < -0.39 is 9.84 Å². The summed E-state index contributed by atoms with van der Waals surface area (Å²) in [5, 5.41) is 9.21. The third-order valence-electron chi connectivity index (χ3n) is 7.42. The summed E-state index contributed by atoms with van der Waals surface area (Å²) >= 11 is 0. The molecular formula is C34H22N2O4S. The predicted molar refractivity (Wildman–Crippen MR) is 161 cm³/mol. The number of anilines is 2. The first kappa shape index (κ1) is 24.7. The van der Waals surface area contributed by atoms with Crippen molar-refractivity contribution < 1.29 is 18.0 Å². The summed E-state index contributed by atoms with van der Waals surface area (Å²) in [4.78, 5) is 26.5. The Morgan fingerprint density at radius 1 is 0.488 bits per heavy atom. The van der Waals surface area contributed by atoms with Gasteiger partial charge in [0, 0.05) is 33.6 Å². The van der Waals surface area contributed by atoms with Gasteiger partial charge in [-0.05, 0) is 57.9 Å². The second-order valence-corrected chi connectivity index (χ2v) is 11.8. The van der Waals surface area contributed by atoms with Crippen LogP contribution in [0, 0.1) is 0 Å². The largest absolute Gasteiger partial charge is 0.322 e. The number of hydrogen-bond acceptors (Lipinski definition) is 4. The van der Waals surface area contributed by atoms with Crippen LogP contribution in [0.4, 0.5) is 11.4 Å². The van der Waals surface area contributed by atoms with Crippen LogP contribution >= 0.6 is 0 Å². The molecule has 0 saturated heterocycles. The van der Waals surface area contributed by atoms with Crippen LogP contribution in [0.3, 0.4) is 0 Å². The van der Waals surface area contributed by atoms with E-state index in [0.717, 1.165) is 21.5 Å². The number of nitrogens with one attached hydrogen (secondary N) is 2. The van der Waals surface area contributed by atoms with Crippen LogP contribution in [-0.4, -0.2) is 20.2 Å². The molecule has 0 radical (unpaired) electrons. The van der Waals surface area contributed by atoms with E-state index in [4.69, 9.17) is 0 Å². The average Bonchev–Trinajstić information content (AvgIpc) is 3.22. The third kappa shape index (κ3) is 4.15. The van der Waals surface area contributed by atoms with Gasteiger partial charge in [0.1, 0.15) is 0 Å². The number of benzene rings is 6. The normalized spacial score (nSPS) is 13.0. The molecule has 1 aliphatic heterocycles. The van der Waals surface area contributed by atoms with Crippen LogP contribution in [-0.2, 0) is 9.84 Å². The van der Waals surface area contributed by atoms with Gasteiger partial charge < -0.3 is 10.6 Å². The number of amides is 2. The molecular weight excluding hydrogens is 532 g/mol. The SMILES string of the molecule is O=C(Nc1ccc2c(c1)S(=O)(=O)c1cc(NC(=O)c3cccc4ccccc34)ccc1-2)c1cccc2ccccc12. The molecule has 2 amide bonds. The second kappa shape index (κ2) is 9.43. The summed E-state index contributed by atoms with van der Waals surface area (Å²) in [5.74, 6) is -0.652. The quantitative estimate of drug-likeness (QED) is 0.239. The Hall–Kier alpha value is -5.27. The highest BCUT2D eigenvalue weighted by atomic mass is 32.2. The summed E-state index contributed by atoms with van der Waals surface area (Å²) in [7, 11) is -3.88. The van der Waals surface area contributed by atoms with Crippen molar-refractivity contribution >= 4 is 54.6 Å². The van der Waals surface area contributed by atoms with E-state index in [1.807, 2.05) is 72.8 Å². The predicted octanol–water partition coefficient (Wildman–Crippen LogP) is 7.31. The van der Waals surface area contributed by atoms with Gasteiger partial charge in [0.25, 0.3) is 11.8 Å². The smallest absolute Gasteiger partial charge is 0.256 e. The zero-order valence-corrected chi connectivity index (χ0v) is 22.4. The topological polar surface area (TPSA) is 92.3 Å². The molecule has 6 aromatic carbocycles. The fraction of sp³-hybridized carbons (Fsp3) is 0. The first-order chi connectivity index (χ1) is 19.9. The van der Waals surface area contributed by atoms with Crippen molar-refractivity contribution in [1.29, 1.82) is 0 Å². The summed E-state index contributed by atoms with van der Waals surface area (Å²) in [5.41, 5.74) is 2.86. The molecule has 0 bridgehead atoms. The van der Waals surface area contributed by atoms with Gasteiger partial charge in [-0.25, -0.2) is 8.42 Å². The fourth-order valence-corrected chi connectivity index (χ4v) is 7.19. The first-order valence-corrected chi connectivity index (χ1v) is 14.5. The molecule has 1 aliphatic rings. The van der Waals surface area contributed by atoms with Gasteiger partial charge in [-0.1, -0.05) is 84.9 Å². The van der Waals surface area contributed by atoms with Crippen LogP contribution in [0.2, 0.25) is 0 Å². The lowest BCUT2D eigenvalue weighted by Crippen LogP contribution is -2.13. The van der Waals surface area contributed by atoms with E-state index in [1.165, 1.54) is 12.1 Å². The minimum absolute atomic E-state index is 0.112. The Labute approximate surface area is 236 Å². The molecule has 0 atom stereocenters. The van der Waals surface area contributed by atoms with Crippen LogP contribution < -0.4 is 10.6 Å². The molecule has 0 fully saturated rings. The fourth-order valence-electron chi connectivity index (χ4n) is 5.45. The van der Waals surface area contributed by atoms with Crippen LogP contribution in [0.1, 0.15) is 20.7 Å². The maximum Gasteiger partial charge on any atom is 0.256 e. The van der Waals surface area contributed by atoms with Crippen molar-refractivity contribution in [3.63, 3.8) is 0 Å². The Morgan fingerprint density at radius 2 is 0.902 bits per heavy atom. The van der Waals surface area contributed by atoms with Gasteiger partial charge in [-0.2, -0.15) is 0 Å². The number of fused-ring (bicyclic) bond motifs is 5. The minimum Gasteiger partial charge on any atom is -0.322 e. The van der Waals surface area contributed by atoms with Crippen molar-refractivity contribution in [1.82, 2.24) is 0 Å². The van der Waals surface area contributed by atoms with E-state index in [0.29, 0.717) is 33.6 Å². The van der Waals surface area contributed by atoms with E-state index in [-0.39, 0.29) is 21.6 Å². The summed E-state index contributed by atoms with van der Waals surface area (Å²) < 4.78 is 27.2. The Kier molecular flexibility index (Phi) is 5.69. The highest BCUT2D eigenvalue weighted by Gasteiger charge is 2.33. The number of carbonyl (C=O) groups excluding carboxylic acids is 2. The summed E-state index contributed by atoms with van der Waals surface area (Å²) in [6.07, 6.45) is 0. The average molecular weight is 555 g/mol. The Bertz CT molecular complexity index is 2010. The van der Waals surface area contributed by atoms with Crippen molar-refractivity contribution in [3.8, 4) is 11.1 Å². The lowest BCUT2D eigenvalue weighted by atomic mass is 10.0. The van der Waals surface area contributed by atoms with Crippen LogP contribution in [0.15, 0.2) is 131 Å². The lowest BCUT2D eigenvalue weighted by molar-refractivity contribution is 0.102. The van der Waals surface area contributed by atoms with Gasteiger partial charge in [0.2, 0.25) is 9.84 Å². The molecule has 2 N–H and O–H groups in total. The van der Waals surface area contributed by atoms with Crippen LogP contribution in [0.25, 0.3) is 32.7 Å². The highest BCUT2D eigenvalue weighted by Crippen LogP contribution is 2.45. The molecule has 6 nitrogen and oxygen atoms in total. The molecule has 6 aromatic rings. The number of carbonyl (C=O) groups is 2. The number of rotatable bonds is 4. The zero-order valence-electron chi connectivity index (χ0n) is 21.6. The van der Waals surface area contributed by atoms with E-state index >= 15 is 0 Å². The zero-order chi connectivity index (χ0) is 28.1. The molecule has 0 unspecified atom stereocenters. The van der Waals surface area contributed by atoms with E-state index in [1.54, 1.807) is 36.4 Å². The Balaban J connectivity index is 1.18. The van der Waals surface area contributed by atoms with Crippen molar-refractivity contribution in [2.24, 2.45) is 0 Å². The minimum atomic E-state index is -3.88. The summed E-state index contributed by atoms with van der Waals surface area (Å²) in [6.45, 7) is 0. The van der Waals surface area contributed by atoms with Gasteiger partial charge in [-0.15, -0.1) is 0 Å². The Morgan fingerprint density at radius 3 is 1.37 bits per heavy atom. The van der Waals surface area contributed by atoms with E-state index in [2.05, 4.69) is 10.6 Å². The van der Waals surface area contributed by atoms with Gasteiger partial charge in [0.05, 0.1) is 9.79 Å². The van der Waals surface area contributed by atoms with Gasteiger partial charge in [0.15, 0.2) is 0 Å². The molecule has 0 spiro atoms. The molecule has 0 aliphatic carbocycles. The summed E-state index contributed by atoms with van der Waals surface area (Å²) in [6, 6.07) is 36.0. The van der Waals surface area contributed by atoms with Crippen molar-refractivity contribution in [3.05, 3.63) is 132 Å². The van der Waals surface area contributed by atoms with Crippen molar-refractivity contribution in [2.75, 3.05) is 10.6 Å². The monoisotopic (exact) mass is 554 g/mol. The van der Waals surface area contributed by atoms with Gasteiger partial charge in [-0.3, -0.25) is 9.59 Å². The molecule has 0 aromatic heterocycles. The molecule has 41 heavy (non-hydrogen) atoms. The first-order valence-electron chi connectivity index (χ1n) is 13.0.